The van der Waals surface area contributed by atoms with Crippen molar-refractivity contribution in [1.29, 1.82) is 0 Å². The van der Waals surface area contributed by atoms with E-state index in [1.807, 2.05) is 42.3 Å². The predicted octanol–water partition coefficient (Wildman–Crippen LogP) is 4.51. The largest absolute Gasteiger partial charge is 0.497 e. The second-order valence-electron chi connectivity index (χ2n) is 5.01. The number of aryl methyl sites for hydroxylation is 1. The Morgan fingerprint density at radius 3 is 2.86 bits per heavy atom. The van der Waals surface area contributed by atoms with E-state index in [1.165, 1.54) is 27.5 Å². The van der Waals surface area contributed by atoms with Crippen LogP contribution in [0.4, 0.5) is 0 Å². The number of methoxy groups -OCH3 is 1. The molecular formula is C16H18ClNOS2. The maximum absolute atomic E-state index is 6.44. The maximum Gasteiger partial charge on any atom is 0.120 e. The van der Waals surface area contributed by atoms with E-state index in [0.717, 1.165) is 22.1 Å². The normalized spacial score (nSPS) is 15.6. The second-order valence-corrected chi connectivity index (χ2v) is 7.69. The summed E-state index contributed by atoms with van der Waals surface area (Å²) in [5, 5.41) is 4.15. The maximum atomic E-state index is 6.44. The van der Waals surface area contributed by atoms with Gasteiger partial charge in [-0.2, -0.15) is 11.8 Å². The Morgan fingerprint density at radius 2 is 2.19 bits per heavy atom. The number of halogens is 1. The summed E-state index contributed by atoms with van der Waals surface area (Å²) in [5.41, 5.74) is 2.60. The molecule has 2 aromatic rings. The van der Waals surface area contributed by atoms with E-state index < -0.39 is 0 Å². The van der Waals surface area contributed by atoms with Crippen molar-refractivity contribution in [3.05, 3.63) is 50.2 Å². The number of hydrogen-bond acceptors (Lipinski definition) is 4. The number of ether oxygens (including phenoxy) is 1. The van der Waals surface area contributed by atoms with Crippen molar-refractivity contribution in [3.63, 3.8) is 0 Å². The van der Waals surface area contributed by atoms with E-state index in [9.17, 15) is 0 Å². The highest BCUT2D eigenvalue weighted by Gasteiger charge is 2.21. The van der Waals surface area contributed by atoms with E-state index in [2.05, 4.69) is 17.4 Å². The topological polar surface area (TPSA) is 21.3 Å². The zero-order chi connectivity index (χ0) is 14.8. The lowest BCUT2D eigenvalue weighted by Crippen LogP contribution is -2.16. The zero-order valence-corrected chi connectivity index (χ0v) is 14.5. The van der Waals surface area contributed by atoms with E-state index in [1.54, 1.807) is 7.11 Å². The SMILES string of the molecule is CNC(c1cc2c(s1)CCSC2)c1ccc(OC)cc1Cl. The van der Waals surface area contributed by atoms with Crippen LogP contribution in [0.2, 0.25) is 5.02 Å². The number of fused-ring (bicyclic) bond motifs is 1. The molecule has 0 fully saturated rings. The Balaban J connectivity index is 1.96. The van der Waals surface area contributed by atoms with Crippen LogP contribution in [-0.4, -0.2) is 19.9 Å². The number of thiophene rings is 1. The van der Waals surface area contributed by atoms with Crippen molar-refractivity contribution in [2.24, 2.45) is 0 Å². The van der Waals surface area contributed by atoms with Crippen molar-refractivity contribution < 1.29 is 4.74 Å². The molecular weight excluding hydrogens is 322 g/mol. The molecule has 2 nitrogen and oxygen atoms in total. The van der Waals surface area contributed by atoms with Gasteiger partial charge in [0.25, 0.3) is 0 Å². The van der Waals surface area contributed by atoms with Gasteiger partial charge in [0.05, 0.1) is 13.2 Å². The summed E-state index contributed by atoms with van der Waals surface area (Å²) in [6, 6.07) is 8.38. The van der Waals surface area contributed by atoms with Gasteiger partial charge in [-0.05, 0) is 48.5 Å². The fourth-order valence-electron chi connectivity index (χ4n) is 2.63. The lowest BCUT2D eigenvalue weighted by atomic mass is 10.0. The molecule has 0 bridgehead atoms. The Kier molecular flexibility index (Phi) is 4.79. The Hall–Kier alpha value is -0.680. The van der Waals surface area contributed by atoms with E-state index in [-0.39, 0.29) is 6.04 Å². The van der Waals surface area contributed by atoms with Crippen LogP contribution in [0.3, 0.4) is 0 Å². The fourth-order valence-corrected chi connectivity index (χ4v) is 5.42. The molecule has 0 saturated heterocycles. The van der Waals surface area contributed by atoms with Crippen molar-refractivity contribution in [1.82, 2.24) is 5.32 Å². The van der Waals surface area contributed by atoms with Gasteiger partial charge < -0.3 is 10.1 Å². The number of nitrogens with one attached hydrogen (secondary N) is 1. The Labute approximate surface area is 138 Å². The van der Waals surface area contributed by atoms with Gasteiger partial charge >= 0.3 is 0 Å². The first-order chi connectivity index (χ1) is 10.2. The molecule has 0 saturated carbocycles. The van der Waals surface area contributed by atoms with Crippen LogP contribution < -0.4 is 10.1 Å². The molecule has 0 spiro atoms. The monoisotopic (exact) mass is 339 g/mol. The molecule has 1 unspecified atom stereocenters. The van der Waals surface area contributed by atoms with Crippen LogP contribution >= 0.6 is 34.7 Å². The van der Waals surface area contributed by atoms with Crippen molar-refractivity contribution in [2.75, 3.05) is 19.9 Å². The molecule has 21 heavy (non-hydrogen) atoms. The summed E-state index contributed by atoms with van der Waals surface area (Å²) in [5.74, 6) is 3.17. The molecule has 112 valence electrons. The molecule has 1 N–H and O–H groups in total. The minimum absolute atomic E-state index is 0.143. The molecule has 2 heterocycles. The van der Waals surface area contributed by atoms with Gasteiger partial charge in [0.2, 0.25) is 0 Å². The number of hydrogen-bond donors (Lipinski definition) is 1. The molecule has 1 aliphatic heterocycles. The van der Waals surface area contributed by atoms with Gasteiger partial charge in [0.1, 0.15) is 5.75 Å². The van der Waals surface area contributed by atoms with Crippen LogP contribution in [0.25, 0.3) is 0 Å². The summed E-state index contributed by atoms with van der Waals surface area (Å²) in [4.78, 5) is 2.88. The first kappa shape index (κ1) is 15.2. The van der Waals surface area contributed by atoms with Crippen molar-refractivity contribution in [2.45, 2.75) is 18.2 Å². The van der Waals surface area contributed by atoms with Gasteiger partial charge in [0, 0.05) is 20.5 Å². The van der Waals surface area contributed by atoms with Gasteiger partial charge in [0.15, 0.2) is 0 Å². The summed E-state index contributed by atoms with van der Waals surface area (Å²) in [7, 11) is 3.64. The van der Waals surface area contributed by atoms with Gasteiger partial charge in [-0.25, -0.2) is 0 Å². The van der Waals surface area contributed by atoms with Crippen LogP contribution in [-0.2, 0) is 12.2 Å². The zero-order valence-electron chi connectivity index (χ0n) is 12.1. The first-order valence-electron chi connectivity index (χ1n) is 6.93. The number of thioether (sulfide) groups is 1. The second kappa shape index (κ2) is 6.61. The highest BCUT2D eigenvalue weighted by atomic mass is 35.5. The summed E-state index contributed by atoms with van der Waals surface area (Å²) in [6.45, 7) is 0. The molecule has 1 aromatic carbocycles. The predicted molar refractivity (Wildman–Crippen MR) is 93.1 cm³/mol. The quantitative estimate of drug-likeness (QED) is 0.885. The summed E-state index contributed by atoms with van der Waals surface area (Å²) in [6.07, 6.45) is 1.19. The minimum Gasteiger partial charge on any atom is -0.497 e. The average molecular weight is 340 g/mol. The molecule has 0 radical (unpaired) electrons. The summed E-state index contributed by atoms with van der Waals surface area (Å²) < 4.78 is 5.23. The highest BCUT2D eigenvalue weighted by Crippen LogP contribution is 2.38. The smallest absolute Gasteiger partial charge is 0.120 e. The van der Waals surface area contributed by atoms with E-state index in [0.29, 0.717) is 0 Å². The van der Waals surface area contributed by atoms with Crippen LogP contribution in [0.5, 0.6) is 5.75 Å². The van der Waals surface area contributed by atoms with Crippen molar-refractivity contribution in [3.8, 4) is 5.75 Å². The van der Waals surface area contributed by atoms with Crippen LogP contribution in [0.1, 0.15) is 26.9 Å². The van der Waals surface area contributed by atoms with E-state index >= 15 is 0 Å². The lowest BCUT2D eigenvalue weighted by Gasteiger charge is -2.17. The summed E-state index contributed by atoms with van der Waals surface area (Å²) >= 11 is 10.4. The molecule has 1 atom stereocenters. The minimum atomic E-state index is 0.143. The molecule has 0 amide bonds. The molecule has 0 aliphatic carbocycles. The fraction of sp³-hybridized carbons (Fsp3) is 0.375. The molecule has 5 heteroatoms. The van der Waals surface area contributed by atoms with Gasteiger partial charge in [-0.3, -0.25) is 0 Å². The third-order valence-corrected chi connectivity index (χ3v) is 6.38. The molecule has 1 aromatic heterocycles. The van der Waals surface area contributed by atoms with Crippen molar-refractivity contribution >= 4 is 34.7 Å². The van der Waals surface area contributed by atoms with E-state index in [4.69, 9.17) is 16.3 Å². The molecule has 3 rings (SSSR count). The third-order valence-electron chi connectivity index (χ3n) is 3.74. The number of rotatable bonds is 4. The standard InChI is InChI=1S/C16H18ClNOS2/c1-18-16(12-4-3-11(19-2)8-13(12)17)15-7-10-9-20-6-5-14(10)21-15/h3-4,7-8,16,18H,5-6,9H2,1-2H3. The van der Waals surface area contributed by atoms with Gasteiger partial charge in [-0.15, -0.1) is 11.3 Å². The Morgan fingerprint density at radius 1 is 1.33 bits per heavy atom. The average Bonchev–Trinajstić information content (AvgIpc) is 2.93. The molecule has 1 aliphatic rings. The first-order valence-corrected chi connectivity index (χ1v) is 9.27. The van der Waals surface area contributed by atoms with Crippen LogP contribution in [0.15, 0.2) is 24.3 Å². The third kappa shape index (κ3) is 3.09. The van der Waals surface area contributed by atoms with Crippen LogP contribution in [0, 0.1) is 0 Å². The van der Waals surface area contributed by atoms with Gasteiger partial charge in [-0.1, -0.05) is 17.7 Å². The number of benzene rings is 1. The highest BCUT2D eigenvalue weighted by molar-refractivity contribution is 7.98. The lowest BCUT2D eigenvalue weighted by molar-refractivity contribution is 0.414. The Bertz CT molecular complexity index is 618.